The van der Waals surface area contributed by atoms with Crippen molar-refractivity contribution in [1.29, 1.82) is 0 Å². The average Bonchev–Trinajstić information content (AvgIpc) is 2.90. The van der Waals surface area contributed by atoms with Crippen LogP contribution in [-0.2, 0) is 11.2 Å². The molecular weight excluding hydrogens is 266 g/mol. The lowest BCUT2D eigenvalue weighted by atomic mass is 10.3. The molecule has 1 aromatic heterocycles. The van der Waals surface area contributed by atoms with Crippen molar-refractivity contribution in [3.05, 3.63) is 39.4 Å². The van der Waals surface area contributed by atoms with Crippen LogP contribution in [0.15, 0.2) is 29.7 Å². The molecule has 0 atom stereocenters. The van der Waals surface area contributed by atoms with Gasteiger partial charge in [-0.1, -0.05) is 13.0 Å². The van der Waals surface area contributed by atoms with Crippen LogP contribution in [0.3, 0.4) is 0 Å². The van der Waals surface area contributed by atoms with Gasteiger partial charge in [0, 0.05) is 16.3 Å². The average molecular weight is 279 g/mol. The van der Waals surface area contributed by atoms with Crippen LogP contribution in [0.4, 0.5) is 4.79 Å². The molecule has 0 spiro atoms. The van der Waals surface area contributed by atoms with Gasteiger partial charge in [0.2, 0.25) is 0 Å². The monoisotopic (exact) mass is 279 g/mol. The van der Waals surface area contributed by atoms with Gasteiger partial charge in [0.05, 0.1) is 4.91 Å². The summed E-state index contributed by atoms with van der Waals surface area (Å²) >= 11 is 2.64. The van der Waals surface area contributed by atoms with Crippen molar-refractivity contribution in [2.75, 3.05) is 6.54 Å². The molecule has 5 heteroatoms. The molecule has 1 fully saturated rings. The molecule has 1 aromatic rings. The summed E-state index contributed by atoms with van der Waals surface area (Å²) in [5, 5.41) is -0.224. The highest BCUT2D eigenvalue weighted by molar-refractivity contribution is 8.18. The van der Waals surface area contributed by atoms with Crippen molar-refractivity contribution in [2.45, 2.75) is 13.3 Å². The number of hydrogen-bond donors (Lipinski definition) is 0. The highest BCUT2D eigenvalue weighted by atomic mass is 32.2. The standard InChI is InChI=1S/C13H13NO2S2/c1-3-7-14-12(15)11(18-13(14)16)8-10-6-5-9(4-2)17-10/h3,5-6,8H,1,4,7H2,2H3/b11-8+. The molecule has 2 amide bonds. The van der Waals surface area contributed by atoms with E-state index in [2.05, 4.69) is 13.5 Å². The minimum atomic E-state index is -0.226. The summed E-state index contributed by atoms with van der Waals surface area (Å²) in [6, 6.07) is 4.02. The van der Waals surface area contributed by atoms with E-state index in [-0.39, 0.29) is 17.7 Å². The van der Waals surface area contributed by atoms with E-state index in [1.165, 1.54) is 9.78 Å². The summed E-state index contributed by atoms with van der Waals surface area (Å²) in [7, 11) is 0. The minimum absolute atomic E-state index is 0.224. The Labute approximate surface area is 114 Å². The van der Waals surface area contributed by atoms with Crippen molar-refractivity contribution in [1.82, 2.24) is 4.90 Å². The molecule has 0 saturated carbocycles. The Hall–Kier alpha value is -1.33. The van der Waals surface area contributed by atoms with Crippen molar-refractivity contribution in [3.8, 4) is 0 Å². The molecule has 0 bridgehead atoms. The van der Waals surface area contributed by atoms with Gasteiger partial charge >= 0.3 is 0 Å². The highest BCUT2D eigenvalue weighted by Gasteiger charge is 2.34. The predicted molar refractivity (Wildman–Crippen MR) is 76.6 cm³/mol. The van der Waals surface area contributed by atoms with E-state index in [0.717, 1.165) is 23.1 Å². The fourth-order valence-corrected chi connectivity index (χ4v) is 3.39. The molecule has 0 aromatic carbocycles. The third-order valence-corrected chi connectivity index (χ3v) is 4.57. The van der Waals surface area contributed by atoms with Crippen LogP contribution in [0.2, 0.25) is 0 Å². The third-order valence-electron chi connectivity index (χ3n) is 2.49. The van der Waals surface area contributed by atoms with Crippen LogP contribution in [0, 0.1) is 0 Å². The number of aryl methyl sites for hydroxylation is 1. The lowest BCUT2D eigenvalue weighted by molar-refractivity contribution is -0.122. The second kappa shape index (κ2) is 5.54. The van der Waals surface area contributed by atoms with E-state index in [1.54, 1.807) is 23.5 Å². The first kappa shape index (κ1) is 13.1. The quantitative estimate of drug-likeness (QED) is 0.625. The van der Waals surface area contributed by atoms with Crippen LogP contribution in [0.1, 0.15) is 16.7 Å². The number of hydrogen-bond acceptors (Lipinski definition) is 4. The van der Waals surface area contributed by atoms with E-state index in [0.29, 0.717) is 4.91 Å². The van der Waals surface area contributed by atoms with E-state index in [4.69, 9.17) is 0 Å². The highest BCUT2D eigenvalue weighted by Crippen LogP contribution is 2.33. The molecule has 3 nitrogen and oxygen atoms in total. The SMILES string of the molecule is C=CCN1C(=O)S/C(=C/c2ccc(CC)s2)C1=O. The maximum Gasteiger partial charge on any atom is 0.293 e. The molecule has 1 aliphatic heterocycles. The summed E-state index contributed by atoms with van der Waals surface area (Å²) in [6.07, 6.45) is 4.33. The van der Waals surface area contributed by atoms with Gasteiger partial charge < -0.3 is 0 Å². The van der Waals surface area contributed by atoms with Crippen LogP contribution < -0.4 is 0 Å². The molecule has 1 saturated heterocycles. The molecule has 18 heavy (non-hydrogen) atoms. The summed E-state index contributed by atoms with van der Waals surface area (Å²) in [4.78, 5) is 27.6. The molecule has 1 aliphatic rings. The molecule has 0 N–H and O–H groups in total. The van der Waals surface area contributed by atoms with Crippen LogP contribution in [0.5, 0.6) is 0 Å². The Bertz CT molecular complexity index is 531. The van der Waals surface area contributed by atoms with Gasteiger partial charge in [-0.2, -0.15) is 0 Å². The lowest BCUT2D eigenvalue weighted by Gasteiger charge is -2.07. The van der Waals surface area contributed by atoms with Gasteiger partial charge in [-0.05, 0) is 36.4 Å². The van der Waals surface area contributed by atoms with Crippen molar-refractivity contribution < 1.29 is 9.59 Å². The van der Waals surface area contributed by atoms with Gasteiger partial charge in [0.15, 0.2) is 0 Å². The zero-order valence-corrected chi connectivity index (χ0v) is 11.6. The first-order valence-electron chi connectivity index (χ1n) is 5.60. The summed E-state index contributed by atoms with van der Waals surface area (Å²) < 4.78 is 0. The number of carbonyl (C=O) groups excluding carboxylic acids is 2. The molecular formula is C13H13NO2S2. The van der Waals surface area contributed by atoms with E-state index >= 15 is 0 Å². The maximum absolute atomic E-state index is 12.0. The van der Waals surface area contributed by atoms with Crippen LogP contribution in [0.25, 0.3) is 6.08 Å². The second-order valence-electron chi connectivity index (χ2n) is 3.74. The lowest BCUT2D eigenvalue weighted by Crippen LogP contribution is -2.27. The molecule has 2 heterocycles. The zero-order valence-electron chi connectivity index (χ0n) is 10.0. The van der Waals surface area contributed by atoms with Gasteiger partial charge in [-0.3, -0.25) is 14.5 Å². The largest absolute Gasteiger partial charge is 0.293 e. The van der Waals surface area contributed by atoms with Gasteiger partial charge in [0.1, 0.15) is 0 Å². The van der Waals surface area contributed by atoms with Gasteiger partial charge in [-0.25, -0.2) is 0 Å². The summed E-state index contributed by atoms with van der Waals surface area (Å²) in [5.74, 6) is -0.226. The smallest absolute Gasteiger partial charge is 0.268 e. The molecule has 0 unspecified atom stereocenters. The molecule has 0 radical (unpaired) electrons. The number of thiophene rings is 1. The Morgan fingerprint density at radius 3 is 2.78 bits per heavy atom. The topological polar surface area (TPSA) is 37.4 Å². The first-order valence-corrected chi connectivity index (χ1v) is 7.24. The maximum atomic E-state index is 12.0. The van der Waals surface area contributed by atoms with Gasteiger partial charge in [0.25, 0.3) is 11.1 Å². The summed E-state index contributed by atoms with van der Waals surface area (Å²) in [5.41, 5.74) is 0. The minimum Gasteiger partial charge on any atom is -0.268 e. The molecule has 94 valence electrons. The second-order valence-corrected chi connectivity index (χ2v) is 5.93. The Kier molecular flexibility index (Phi) is 4.04. The van der Waals surface area contributed by atoms with Crippen LogP contribution >= 0.6 is 23.1 Å². The van der Waals surface area contributed by atoms with Crippen molar-refractivity contribution in [3.63, 3.8) is 0 Å². The first-order chi connectivity index (χ1) is 8.65. The number of nitrogens with zero attached hydrogens (tertiary/aromatic N) is 1. The number of amides is 2. The van der Waals surface area contributed by atoms with E-state index < -0.39 is 0 Å². The normalized spacial score (nSPS) is 17.8. The number of rotatable bonds is 4. The van der Waals surface area contributed by atoms with E-state index in [9.17, 15) is 9.59 Å². The zero-order chi connectivity index (χ0) is 13.1. The Morgan fingerprint density at radius 1 is 1.39 bits per heavy atom. The molecule has 2 rings (SSSR count). The predicted octanol–water partition coefficient (Wildman–Crippen LogP) is 3.53. The van der Waals surface area contributed by atoms with Crippen molar-refractivity contribution >= 4 is 40.3 Å². The van der Waals surface area contributed by atoms with Crippen LogP contribution in [-0.4, -0.2) is 22.6 Å². The summed E-state index contributed by atoms with van der Waals surface area (Å²) in [6.45, 7) is 5.91. The van der Waals surface area contributed by atoms with E-state index in [1.807, 2.05) is 12.1 Å². The Balaban J connectivity index is 2.21. The number of imide groups is 1. The third kappa shape index (κ3) is 2.57. The van der Waals surface area contributed by atoms with Gasteiger partial charge in [-0.15, -0.1) is 17.9 Å². The molecule has 0 aliphatic carbocycles. The number of carbonyl (C=O) groups is 2. The van der Waals surface area contributed by atoms with Crippen molar-refractivity contribution in [2.24, 2.45) is 0 Å². The fourth-order valence-electron chi connectivity index (χ4n) is 1.58. The number of thioether (sulfide) groups is 1. The fraction of sp³-hybridized carbons (Fsp3) is 0.231. The Morgan fingerprint density at radius 2 is 2.17 bits per heavy atom.